The fourth-order valence-corrected chi connectivity index (χ4v) is 3.60. The van der Waals surface area contributed by atoms with E-state index in [1.165, 1.54) is 18.2 Å². The molecule has 7 heteroatoms. The molecule has 2 amide bonds. The van der Waals surface area contributed by atoms with Gasteiger partial charge in [-0.2, -0.15) is 13.2 Å². The van der Waals surface area contributed by atoms with E-state index >= 15 is 0 Å². The van der Waals surface area contributed by atoms with Crippen LogP contribution in [0.5, 0.6) is 0 Å². The molecule has 0 unspecified atom stereocenters. The summed E-state index contributed by atoms with van der Waals surface area (Å²) in [4.78, 5) is 25.8. The SMILES string of the molecule is O=C1S/C(=C/c2cccc(C(F)(F)F)c2)C(=O)N1CCCc1ccccc1. The van der Waals surface area contributed by atoms with Gasteiger partial charge in [-0.15, -0.1) is 0 Å². The van der Waals surface area contributed by atoms with Gasteiger partial charge in [0.2, 0.25) is 0 Å². The molecule has 3 nitrogen and oxygen atoms in total. The Kier molecular flexibility index (Phi) is 5.70. The number of amides is 2. The van der Waals surface area contributed by atoms with Gasteiger partial charge in [-0.3, -0.25) is 14.5 Å². The lowest BCUT2D eigenvalue weighted by molar-refractivity contribution is -0.137. The molecule has 140 valence electrons. The van der Waals surface area contributed by atoms with E-state index in [0.717, 1.165) is 40.8 Å². The zero-order chi connectivity index (χ0) is 19.4. The summed E-state index contributed by atoms with van der Waals surface area (Å²) in [6.07, 6.45) is -1.77. The third-order valence-electron chi connectivity index (χ3n) is 4.08. The Morgan fingerprint density at radius 1 is 1.00 bits per heavy atom. The zero-order valence-electron chi connectivity index (χ0n) is 14.2. The monoisotopic (exact) mass is 391 g/mol. The third kappa shape index (κ3) is 4.80. The van der Waals surface area contributed by atoms with Crippen molar-refractivity contribution in [2.24, 2.45) is 0 Å². The number of thioether (sulfide) groups is 1. The van der Waals surface area contributed by atoms with E-state index in [9.17, 15) is 22.8 Å². The van der Waals surface area contributed by atoms with Gasteiger partial charge >= 0.3 is 6.18 Å². The molecule has 0 spiro atoms. The fourth-order valence-electron chi connectivity index (χ4n) is 2.73. The van der Waals surface area contributed by atoms with Crippen LogP contribution >= 0.6 is 11.8 Å². The second kappa shape index (κ2) is 8.00. The molecular weight excluding hydrogens is 375 g/mol. The van der Waals surface area contributed by atoms with Gasteiger partial charge in [-0.25, -0.2) is 0 Å². The number of rotatable bonds is 5. The van der Waals surface area contributed by atoms with Crippen LogP contribution in [0.25, 0.3) is 6.08 Å². The molecule has 1 saturated heterocycles. The van der Waals surface area contributed by atoms with Crippen molar-refractivity contribution in [3.63, 3.8) is 0 Å². The number of benzene rings is 2. The number of aryl methyl sites for hydroxylation is 1. The summed E-state index contributed by atoms with van der Waals surface area (Å²) in [5.74, 6) is -0.463. The molecule has 3 rings (SSSR count). The standard InChI is InChI=1S/C20H16F3NO2S/c21-20(22,23)16-10-4-8-15(12-16)13-17-18(25)24(19(26)27-17)11-5-9-14-6-2-1-3-7-14/h1-4,6-8,10,12-13H,5,9,11H2/b17-13+. The normalized spacial score (nSPS) is 16.4. The molecular formula is C20H16F3NO2S. The molecule has 0 saturated carbocycles. The molecule has 1 heterocycles. The molecule has 2 aromatic carbocycles. The maximum atomic E-state index is 12.8. The molecule has 2 aromatic rings. The quantitative estimate of drug-likeness (QED) is 0.643. The molecule has 0 bridgehead atoms. The fraction of sp³-hybridized carbons (Fsp3) is 0.200. The van der Waals surface area contributed by atoms with Crippen molar-refractivity contribution >= 4 is 29.0 Å². The van der Waals surface area contributed by atoms with Gasteiger partial charge in [-0.05, 0) is 53.9 Å². The zero-order valence-corrected chi connectivity index (χ0v) is 15.0. The summed E-state index contributed by atoms with van der Waals surface area (Å²) >= 11 is 0.754. The van der Waals surface area contributed by atoms with Gasteiger partial charge in [-0.1, -0.05) is 42.5 Å². The van der Waals surface area contributed by atoms with E-state index in [2.05, 4.69) is 0 Å². The number of alkyl halides is 3. The van der Waals surface area contributed by atoms with Crippen LogP contribution in [0.4, 0.5) is 18.0 Å². The van der Waals surface area contributed by atoms with E-state index in [1.807, 2.05) is 30.3 Å². The van der Waals surface area contributed by atoms with Crippen LogP contribution in [0.15, 0.2) is 59.5 Å². The van der Waals surface area contributed by atoms with Gasteiger partial charge < -0.3 is 0 Å². The van der Waals surface area contributed by atoms with Gasteiger partial charge in [0.25, 0.3) is 11.1 Å². The van der Waals surface area contributed by atoms with Crippen molar-refractivity contribution in [2.45, 2.75) is 19.0 Å². The first-order valence-electron chi connectivity index (χ1n) is 8.31. The molecule has 27 heavy (non-hydrogen) atoms. The second-order valence-corrected chi connectivity index (χ2v) is 7.04. The predicted molar refractivity (Wildman–Crippen MR) is 98.9 cm³/mol. The highest BCUT2D eigenvalue weighted by molar-refractivity contribution is 8.18. The minimum absolute atomic E-state index is 0.138. The van der Waals surface area contributed by atoms with Crippen LogP contribution in [-0.4, -0.2) is 22.6 Å². The topological polar surface area (TPSA) is 37.4 Å². The lowest BCUT2D eigenvalue weighted by Gasteiger charge is -2.12. The van der Waals surface area contributed by atoms with Crippen LogP contribution in [0, 0.1) is 0 Å². The molecule has 1 aliphatic rings. The minimum atomic E-state index is -4.46. The lowest BCUT2D eigenvalue weighted by Crippen LogP contribution is -2.29. The highest BCUT2D eigenvalue weighted by atomic mass is 32.2. The van der Waals surface area contributed by atoms with Crippen molar-refractivity contribution in [3.8, 4) is 0 Å². The van der Waals surface area contributed by atoms with Crippen molar-refractivity contribution in [1.29, 1.82) is 0 Å². The van der Waals surface area contributed by atoms with E-state index in [-0.39, 0.29) is 17.0 Å². The Bertz CT molecular complexity index is 878. The first kappa shape index (κ1) is 19.2. The number of halogens is 3. The molecule has 0 N–H and O–H groups in total. The summed E-state index contributed by atoms with van der Waals surface area (Å²) in [5.41, 5.74) is 0.557. The molecule has 0 aromatic heterocycles. The molecule has 0 atom stereocenters. The van der Waals surface area contributed by atoms with Crippen molar-refractivity contribution in [1.82, 2.24) is 4.90 Å². The van der Waals surface area contributed by atoms with Gasteiger partial charge in [0.05, 0.1) is 10.5 Å². The molecule has 1 aliphatic heterocycles. The Labute approximate surface area is 158 Å². The highest BCUT2D eigenvalue weighted by Crippen LogP contribution is 2.34. The maximum absolute atomic E-state index is 12.8. The summed E-state index contributed by atoms with van der Waals surface area (Å²) in [6.45, 7) is 0.277. The highest BCUT2D eigenvalue weighted by Gasteiger charge is 2.35. The minimum Gasteiger partial charge on any atom is -0.268 e. The van der Waals surface area contributed by atoms with E-state index < -0.39 is 22.9 Å². The van der Waals surface area contributed by atoms with Crippen LogP contribution in [0.1, 0.15) is 23.1 Å². The van der Waals surface area contributed by atoms with Crippen molar-refractivity contribution in [2.75, 3.05) is 6.54 Å². The largest absolute Gasteiger partial charge is 0.416 e. The summed E-state index contributed by atoms with van der Waals surface area (Å²) in [6, 6.07) is 14.4. The first-order valence-corrected chi connectivity index (χ1v) is 9.13. The Balaban J connectivity index is 1.67. The number of nitrogens with zero attached hydrogens (tertiary/aromatic N) is 1. The van der Waals surface area contributed by atoms with E-state index in [4.69, 9.17) is 0 Å². The average Bonchev–Trinajstić information content (AvgIpc) is 2.89. The number of imide groups is 1. The van der Waals surface area contributed by atoms with Gasteiger partial charge in [0.1, 0.15) is 0 Å². The summed E-state index contributed by atoms with van der Waals surface area (Å²) in [5, 5.41) is -0.397. The van der Waals surface area contributed by atoms with Crippen LogP contribution in [0.2, 0.25) is 0 Å². The molecule has 0 radical (unpaired) electrons. The van der Waals surface area contributed by atoms with Crippen LogP contribution in [-0.2, 0) is 17.4 Å². The molecule has 0 aliphatic carbocycles. The van der Waals surface area contributed by atoms with Crippen LogP contribution < -0.4 is 0 Å². The average molecular weight is 391 g/mol. The van der Waals surface area contributed by atoms with Crippen molar-refractivity contribution < 1.29 is 22.8 Å². The smallest absolute Gasteiger partial charge is 0.268 e. The third-order valence-corrected chi connectivity index (χ3v) is 4.98. The maximum Gasteiger partial charge on any atom is 0.416 e. The first-order chi connectivity index (χ1) is 12.8. The van der Waals surface area contributed by atoms with Crippen molar-refractivity contribution in [3.05, 3.63) is 76.2 Å². The van der Waals surface area contributed by atoms with Gasteiger partial charge in [0.15, 0.2) is 0 Å². The Hall–Kier alpha value is -2.54. The van der Waals surface area contributed by atoms with E-state index in [0.29, 0.717) is 6.42 Å². The lowest BCUT2D eigenvalue weighted by atomic mass is 10.1. The Morgan fingerprint density at radius 3 is 2.44 bits per heavy atom. The number of hydrogen-bond donors (Lipinski definition) is 0. The van der Waals surface area contributed by atoms with Crippen LogP contribution in [0.3, 0.4) is 0 Å². The Morgan fingerprint density at radius 2 is 1.74 bits per heavy atom. The number of hydrogen-bond acceptors (Lipinski definition) is 3. The summed E-state index contributed by atoms with van der Waals surface area (Å²) < 4.78 is 38.4. The summed E-state index contributed by atoms with van der Waals surface area (Å²) in [7, 11) is 0. The molecule has 1 fully saturated rings. The second-order valence-electron chi connectivity index (χ2n) is 6.05. The number of carbonyl (C=O) groups excluding carboxylic acids is 2. The number of carbonyl (C=O) groups is 2. The predicted octanol–water partition coefficient (Wildman–Crippen LogP) is 5.37. The van der Waals surface area contributed by atoms with Gasteiger partial charge in [0, 0.05) is 6.54 Å². The van der Waals surface area contributed by atoms with E-state index in [1.54, 1.807) is 0 Å².